The molecule has 0 aliphatic heterocycles. The van der Waals surface area contributed by atoms with Crippen molar-refractivity contribution < 1.29 is 9.53 Å². The van der Waals surface area contributed by atoms with Crippen LogP contribution < -0.4 is 0 Å². The summed E-state index contributed by atoms with van der Waals surface area (Å²) in [5.74, 6) is 2.39. The van der Waals surface area contributed by atoms with Crippen molar-refractivity contribution in [1.82, 2.24) is 0 Å². The smallest absolute Gasteiger partial charge is 0.330 e. The molecule has 0 heterocycles. The Morgan fingerprint density at radius 1 is 1.43 bits per heavy atom. The number of ether oxygens (including phenoxy) is 1. The third-order valence-electron chi connectivity index (χ3n) is 3.33. The fourth-order valence-electron chi connectivity index (χ4n) is 1.67. The molecule has 1 atom stereocenters. The zero-order chi connectivity index (χ0) is 15.9. The van der Waals surface area contributed by atoms with Crippen LogP contribution in [-0.2, 0) is 9.53 Å². The highest BCUT2D eigenvalue weighted by atomic mass is 79.9. The van der Waals surface area contributed by atoms with Gasteiger partial charge >= 0.3 is 5.97 Å². The van der Waals surface area contributed by atoms with Gasteiger partial charge in [0.25, 0.3) is 0 Å². The molecule has 0 N–H and O–H groups in total. The number of allylic oxidation sites excluding steroid dienone is 1. The maximum atomic E-state index is 11.7. The summed E-state index contributed by atoms with van der Waals surface area (Å²) in [5, 5.41) is 0. The van der Waals surface area contributed by atoms with Crippen molar-refractivity contribution in [3.05, 3.63) is 46.5 Å². The first-order chi connectivity index (χ1) is 9.88. The van der Waals surface area contributed by atoms with Crippen LogP contribution in [0.3, 0.4) is 0 Å². The number of carbonyl (C=O) groups excluding carboxylic acids is 1. The Morgan fingerprint density at radius 2 is 2.05 bits per heavy atom. The predicted octanol–water partition coefficient (Wildman–Crippen LogP) is 4.84. The summed E-state index contributed by atoms with van der Waals surface area (Å²) in [6, 6.07) is 7.89. The Kier molecular flexibility index (Phi) is 6.71. The van der Waals surface area contributed by atoms with E-state index in [9.17, 15) is 4.79 Å². The lowest BCUT2D eigenvalue weighted by Gasteiger charge is -2.22. The van der Waals surface area contributed by atoms with Crippen molar-refractivity contribution in [1.29, 1.82) is 0 Å². The first-order valence-corrected chi connectivity index (χ1v) is 7.78. The van der Waals surface area contributed by atoms with Crippen LogP contribution in [0, 0.1) is 12.3 Å². The fraction of sp³-hybridized carbons (Fsp3) is 0.389. The molecular weight excluding hydrogens is 328 g/mol. The van der Waals surface area contributed by atoms with E-state index in [1.54, 1.807) is 6.08 Å². The monoisotopic (exact) mass is 348 g/mol. The van der Waals surface area contributed by atoms with E-state index in [0.29, 0.717) is 6.42 Å². The number of halogens is 1. The maximum absolute atomic E-state index is 11.7. The Morgan fingerprint density at radius 3 is 2.57 bits per heavy atom. The molecule has 21 heavy (non-hydrogen) atoms. The van der Waals surface area contributed by atoms with Gasteiger partial charge in [0.15, 0.2) is 0 Å². The van der Waals surface area contributed by atoms with Gasteiger partial charge in [-0.15, -0.1) is 6.42 Å². The lowest BCUT2D eigenvalue weighted by Crippen LogP contribution is -2.25. The molecular formula is C18H21BrO2. The largest absolute Gasteiger partial charge is 0.457 e. The summed E-state index contributed by atoms with van der Waals surface area (Å²) in [4.78, 5) is 11.7. The van der Waals surface area contributed by atoms with Gasteiger partial charge in [-0.05, 0) is 44.4 Å². The SMILES string of the molecule is C#C[C@@H](C/C=C/C(=O)OC(C)(C)CC)c1ccc(Br)cc1. The van der Waals surface area contributed by atoms with Crippen LogP contribution in [0.2, 0.25) is 0 Å². The molecule has 1 aromatic carbocycles. The van der Waals surface area contributed by atoms with Crippen LogP contribution in [-0.4, -0.2) is 11.6 Å². The van der Waals surface area contributed by atoms with Crippen molar-refractivity contribution in [3.8, 4) is 12.3 Å². The molecule has 0 aliphatic rings. The highest BCUT2D eigenvalue weighted by Crippen LogP contribution is 2.22. The van der Waals surface area contributed by atoms with E-state index in [1.807, 2.05) is 45.0 Å². The number of hydrogen-bond acceptors (Lipinski definition) is 2. The topological polar surface area (TPSA) is 26.3 Å². The number of esters is 1. The number of terminal acetylenes is 1. The van der Waals surface area contributed by atoms with Crippen molar-refractivity contribution in [2.24, 2.45) is 0 Å². The van der Waals surface area contributed by atoms with Crippen LogP contribution in [0.4, 0.5) is 0 Å². The Hall–Kier alpha value is -1.53. The summed E-state index contributed by atoms with van der Waals surface area (Å²) in [6.45, 7) is 5.77. The summed E-state index contributed by atoms with van der Waals surface area (Å²) in [6.07, 6.45) is 10.2. The maximum Gasteiger partial charge on any atom is 0.330 e. The zero-order valence-electron chi connectivity index (χ0n) is 12.7. The summed E-state index contributed by atoms with van der Waals surface area (Å²) < 4.78 is 6.36. The molecule has 1 rings (SSSR count). The third kappa shape index (κ3) is 6.18. The van der Waals surface area contributed by atoms with Gasteiger partial charge in [0.05, 0.1) is 0 Å². The second-order valence-corrected chi connectivity index (χ2v) is 6.36. The number of rotatable bonds is 6. The molecule has 2 nitrogen and oxygen atoms in total. The van der Waals surface area contributed by atoms with Gasteiger partial charge in [-0.3, -0.25) is 0 Å². The standard InChI is InChI=1S/C18H21BrO2/c1-5-14(15-10-12-16(19)13-11-15)8-7-9-17(20)21-18(3,4)6-2/h1,7,9-14H,6,8H2,2-4H3/b9-7+/t14-/m0/s1. The van der Waals surface area contributed by atoms with Crippen LogP contribution in [0.1, 0.15) is 45.1 Å². The Balaban J connectivity index is 2.60. The van der Waals surface area contributed by atoms with Crippen molar-refractivity contribution in [2.45, 2.75) is 45.1 Å². The van der Waals surface area contributed by atoms with Crippen LogP contribution >= 0.6 is 15.9 Å². The average molecular weight is 349 g/mol. The molecule has 0 saturated heterocycles. The van der Waals surface area contributed by atoms with Gasteiger partial charge in [-0.25, -0.2) is 4.79 Å². The minimum Gasteiger partial charge on any atom is -0.457 e. The third-order valence-corrected chi connectivity index (χ3v) is 3.86. The highest BCUT2D eigenvalue weighted by Gasteiger charge is 2.18. The fourth-order valence-corrected chi connectivity index (χ4v) is 1.94. The molecule has 0 aliphatic carbocycles. The van der Waals surface area contributed by atoms with Gasteiger partial charge < -0.3 is 4.74 Å². The lowest BCUT2D eigenvalue weighted by atomic mass is 9.96. The normalized spacial score (nSPS) is 12.9. The quantitative estimate of drug-likeness (QED) is 0.417. The second-order valence-electron chi connectivity index (χ2n) is 5.44. The molecule has 3 heteroatoms. The summed E-state index contributed by atoms with van der Waals surface area (Å²) >= 11 is 3.40. The minimum absolute atomic E-state index is 0.0404. The van der Waals surface area contributed by atoms with Crippen LogP contribution in [0.15, 0.2) is 40.9 Å². The molecule has 0 amide bonds. The highest BCUT2D eigenvalue weighted by molar-refractivity contribution is 9.10. The van der Waals surface area contributed by atoms with Crippen molar-refractivity contribution >= 4 is 21.9 Å². The molecule has 0 radical (unpaired) electrons. The van der Waals surface area contributed by atoms with Gasteiger partial charge in [0.2, 0.25) is 0 Å². The summed E-state index contributed by atoms with van der Waals surface area (Å²) in [5.41, 5.74) is 0.631. The first-order valence-electron chi connectivity index (χ1n) is 6.99. The van der Waals surface area contributed by atoms with Crippen LogP contribution in [0.5, 0.6) is 0 Å². The molecule has 0 bridgehead atoms. The zero-order valence-corrected chi connectivity index (χ0v) is 14.3. The molecule has 112 valence electrons. The molecule has 0 fully saturated rings. The predicted molar refractivity (Wildman–Crippen MR) is 89.9 cm³/mol. The van der Waals surface area contributed by atoms with Gasteiger partial charge in [0, 0.05) is 16.5 Å². The molecule has 0 spiro atoms. The molecule has 0 unspecified atom stereocenters. The van der Waals surface area contributed by atoms with Crippen molar-refractivity contribution in [2.75, 3.05) is 0 Å². The van der Waals surface area contributed by atoms with Gasteiger partial charge in [-0.2, -0.15) is 0 Å². The molecule has 1 aromatic rings. The van der Waals surface area contributed by atoms with E-state index in [0.717, 1.165) is 16.5 Å². The lowest BCUT2D eigenvalue weighted by molar-refractivity contribution is -0.150. The molecule has 0 saturated carbocycles. The van der Waals surface area contributed by atoms with E-state index in [2.05, 4.69) is 21.9 Å². The van der Waals surface area contributed by atoms with Gasteiger partial charge in [-0.1, -0.05) is 47.0 Å². The van der Waals surface area contributed by atoms with E-state index < -0.39 is 5.60 Å². The van der Waals surface area contributed by atoms with Crippen LogP contribution in [0.25, 0.3) is 0 Å². The minimum atomic E-state index is -0.432. The van der Waals surface area contributed by atoms with E-state index >= 15 is 0 Å². The van der Waals surface area contributed by atoms with E-state index in [4.69, 9.17) is 11.2 Å². The number of hydrogen-bond donors (Lipinski definition) is 0. The first kappa shape index (κ1) is 17.5. The second kappa shape index (κ2) is 8.05. The van der Waals surface area contributed by atoms with Crippen molar-refractivity contribution in [3.63, 3.8) is 0 Å². The average Bonchev–Trinajstić information content (AvgIpc) is 2.44. The number of carbonyl (C=O) groups is 1. The Bertz CT molecular complexity index is 535. The summed E-state index contributed by atoms with van der Waals surface area (Å²) in [7, 11) is 0. The Labute approximate surface area is 135 Å². The number of benzene rings is 1. The van der Waals surface area contributed by atoms with E-state index in [-0.39, 0.29) is 11.9 Å². The molecule has 0 aromatic heterocycles. The van der Waals surface area contributed by atoms with Gasteiger partial charge in [0.1, 0.15) is 5.60 Å². The van der Waals surface area contributed by atoms with E-state index in [1.165, 1.54) is 6.08 Å².